The molecule has 0 atom stereocenters. The van der Waals surface area contributed by atoms with E-state index in [1.165, 1.54) is 50.7 Å². The molecule has 0 unspecified atom stereocenters. The predicted molar refractivity (Wildman–Crippen MR) is 85.5 cm³/mol. The van der Waals surface area contributed by atoms with Crippen molar-refractivity contribution >= 4 is 6.08 Å². The van der Waals surface area contributed by atoms with Crippen LogP contribution in [0.2, 0.25) is 0 Å². The second-order valence-corrected chi connectivity index (χ2v) is 6.39. The van der Waals surface area contributed by atoms with Crippen LogP contribution in [0.25, 0.3) is 6.08 Å². The number of alkyl halides is 3. The highest BCUT2D eigenvalue weighted by molar-refractivity contribution is 5.49. The first-order valence-corrected chi connectivity index (χ1v) is 8.33. The van der Waals surface area contributed by atoms with E-state index in [4.69, 9.17) is 0 Å². The van der Waals surface area contributed by atoms with Crippen molar-refractivity contribution in [3.63, 3.8) is 0 Å². The van der Waals surface area contributed by atoms with E-state index in [1.54, 1.807) is 0 Å². The average Bonchev–Trinajstić information content (AvgIpc) is 2.52. The molecule has 0 spiro atoms. The minimum atomic E-state index is -4.25. The van der Waals surface area contributed by atoms with E-state index in [1.807, 2.05) is 6.08 Å². The number of hydrogen-bond donors (Lipinski definition) is 0. The second kappa shape index (κ2) is 7.85. The van der Waals surface area contributed by atoms with Gasteiger partial charge in [0.2, 0.25) is 0 Å². The molecule has 3 heteroatoms. The van der Waals surface area contributed by atoms with Gasteiger partial charge in [-0.05, 0) is 42.4 Å². The Hall–Kier alpha value is -1.25. The molecule has 0 aromatic heterocycles. The molecule has 2 rings (SSSR count). The van der Waals surface area contributed by atoms with Crippen LogP contribution in [0.5, 0.6) is 0 Å². The van der Waals surface area contributed by atoms with Crippen molar-refractivity contribution in [3.05, 3.63) is 41.5 Å². The topological polar surface area (TPSA) is 0 Å². The Bertz CT molecular complexity index is 462. The highest BCUT2D eigenvalue weighted by atomic mass is 19.4. The Labute approximate surface area is 131 Å². The number of allylic oxidation sites excluding steroid dienone is 1. The van der Waals surface area contributed by atoms with Crippen LogP contribution in [0.4, 0.5) is 13.2 Å². The lowest BCUT2D eigenvalue weighted by Gasteiger charge is -2.27. The molecule has 0 heterocycles. The first-order valence-electron chi connectivity index (χ1n) is 8.33. The number of halogens is 3. The third kappa shape index (κ3) is 5.19. The third-order valence-corrected chi connectivity index (χ3v) is 4.83. The maximum absolute atomic E-state index is 12.5. The molecule has 1 aromatic rings. The summed E-state index contributed by atoms with van der Waals surface area (Å²) in [4.78, 5) is 0. The van der Waals surface area contributed by atoms with Crippen LogP contribution in [0, 0.1) is 11.8 Å². The third-order valence-electron chi connectivity index (χ3n) is 4.83. The van der Waals surface area contributed by atoms with Gasteiger partial charge in [0.1, 0.15) is 0 Å². The van der Waals surface area contributed by atoms with E-state index in [0.29, 0.717) is 0 Å². The fourth-order valence-electron chi connectivity index (χ4n) is 3.26. The smallest absolute Gasteiger partial charge is 0.166 e. The monoisotopic (exact) mass is 310 g/mol. The normalized spacial score (nSPS) is 23.1. The molecule has 22 heavy (non-hydrogen) atoms. The van der Waals surface area contributed by atoms with E-state index in [-0.39, 0.29) is 0 Å². The summed E-state index contributed by atoms with van der Waals surface area (Å²) >= 11 is 0. The Morgan fingerprint density at radius 1 is 1.00 bits per heavy atom. The predicted octanol–water partition coefficient (Wildman–Crippen LogP) is 6.72. The number of rotatable bonds is 5. The average molecular weight is 310 g/mol. The van der Waals surface area contributed by atoms with Gasteiger partial charge in [-0.1, -0.05) is 63.3 Å². The molecular formula is C19H25F3. The minimum absolute atomic E-state index is 0.586. The van der Waals surface area contributed by atoms with Gasteiger partial charge in [-0.2, -0.15) is 13.2 Å². The lowest BCUT2D eigenvalue weighted by molar-refractivity contribution is -0.137. The molecule has 0 aliphatic heterocycles. The van der Waals surface area contributed by atoms with Gasteiger partial charge in [0.15, 0.2) is 0 Å². The van der Waals surface area contributed by atoms with Gasteiger partial charge in [-0.3, -0.25) is 0 Å². The van der Waals surface area contributed by atoms with Crippen molar-refractivity contribution in [3.8, 4) is 0 Å². The van der Waals surface area contributed by atoms with Crippen LogP contribution in [-0.4, -0.2) is 0 Å². The summed E-state index contributed by atoms with van der Waals surface area (Å²) in [5.74, 6) is 1.76. The van der Waals surface area contributed by atoms with Crippen molar-refractivity contribution in [2.75, 3.05) is 0 Å². The molecule has 0 saturated heterocycles. The minimum Gasteiger partial charge on any atom is -0.166 e. The number of benzene rings is 1. The first-order chi connectivity index (χ1) is 10.5. The summed E-state index contributed by atoms with van der Waals surface area (Å²) in [5, 5.41) is 0. The van der Waals surface area contributed by atoms with E-state index in [9.17, 15) is 13.2 Å². The van der Waals surface area contributed by atoms with Crippen LogP contribution in [0.15, 0.2) is 30.3 Å². The largest absolute Gasteiger partial charge is 0.416 e. The van der Waals surface area contributed by atoms with Crippen LogP contribution in [0.3, 0.4) is 0 Å². The fraction of sp³-hybridized carbons (Fsp3) is 0.579. The SMILES string of the molecule is CCC1CCC(CC/C=C\c2ccc(C(F)(F)F)cc2)CC1. The summed E-state index contributed by atoms with van der Waals surface area (Å²) in [6, 6.07) is 5.36. The summed E-state index contributed by atoms with van der Waals surface area (Å²) < 4.78 is 37.4. The standard InChI is InChI=1S/C19H25F3/c1-2-15-7-9-16(10-8-15)5-3-4-6-17-11-13-18(14-12-17)19(20,21)22/h4,6,11-16H,2-3,5,7-10H2,1H3/b6-4-. The molecular weight excluding hydrogens is 285 g/mol. The summed E-state index contributed by atoms with van der Waals surface area (Å²) in [5.41, 5.74) is 0.250. The zero-order valence-corrected chi connectivity index (χ0v) is 13.2. The molecule has 1 aliphatic rings. The Balaban J connectivity index is 1.74. The quantitative estimate of drug-likeness (QED) is 0.566. The van der Waals surface area contributed by atoms with Gasteiger partial charge in [-0.15, -0.1) is 0 Å². The van der Waals surface area contributed by atoms with Crippen molar-refractivity contribution < 1.29 is 13.2 Å². The zero-order chi connectivity index (χ0) is 16.0. The highest BCUT2D eigenvalue weighted by Gasteiger charge is 2.29. The molecule has 1 saturated carbocycles. The van der Waals surface area contributed by atoms with E-state index < -0.39 is 11.7 Å². The van der Waals surface area contributed by atoms with Crippen molar-refractivity contribution in [2.45, 2.75) is 58.0 Å². The van der Waals surface area contributed by atoms with Gasteiger partial charge < -0.3 is 0 Å². The number of hydrogen-bond acceptors (Lipinski definition) is 0. The van der Waals surface area contributed by atoms with Crippen LogP contribution in [-0.2, 0) is 6.18 Å². The first kappa shape index (κ1) is 17.1. The fourth-order valence-corrected chi connectivity index (χ4v) is 3.26. The lowest BCUT2D eigenvalue weighted by Crippen LogP contribution is -2.13. The summed E-state index contributed by atoms with van der Waals surface area (Å²) in [6.45, 7) is 2.28. The zero-order valence-electron chi connectivity index (χ0n) is 13.2. The molecule has 0 N–H and O–H groups in total. The van der Waals surface area contributed by atoms with Crippen molar-refractivity contribution in [1.29, 1.82) is 0 Å². The second-order valence-electron chi connectivity index (χ2n) is 6.39. The van der Waals surface area contributed by atoms with Crippen molar-refractivity contribution in [2.24, 2.45) is 11.8 Å². The molecule has 0 radical (unpaired) electrons. The highest BCUT2D eigenvalue weighted by Crippen LogP contribution is 2.33. The van der Waals surface area contributed by atoms with E-state index >= 15 is 0 Å². The lowest BCUT2D eigenvalue weighted by atomic mass is 9.79. The van der Waals surface area contributed by atoms with Crippen LogP contribution < -0.4 is 0 Å². The molecule has 0 bridgehead atoms. The molecule has 0 amide bonds. The maximum atomic E-state index is 12.5. The molecule has 1 aliphatic carbocycles. The van der Waals surface area contributed by atoms with Crippen LogP contribution in [0.1, 0.15) is 63.0 Å². The van der Waals surface area contributed by atoms with Crippen molar-refractivity contribution in [1.82, 2.24) is 0 Å². The van der Waals surface area contributed by atoms with Gasteiger partial charge in [0.25, 0.3) is 0 Å². The van der Waals surface area contributed by atoms with Gasteiger partial charge >= 0.3 is 6.18 Å². The van der Waals surface area contributed by atoms with E-state index in [2.05, 4.69) is 13.0 Å². The van der Waals surface area contributed by atoms with Crippen LogP contribution >= 0.6 is 0 Å². The Kier molecular flexibility index (Phi) is 6.10. The van der Waals surface area contributed by atoms with Gasteiger partial charge in [0, 0.05) is 0 Å². The molecule has 0 nitrogen and oxygen atoms in total. The summed E-state index contributed by atoms with van der Waals surface area (Å²) in [7, 11) is 0. The molecule has 1 fully saturated rings. The Morgan fingerprint density at radius 3 is 2.14 bits per heavy atom. The van der Waals surface area contributed by atoms with Gasteiger partial charge in [0.05, 0.1) is 5.56 Å². The molecule has 122 valence electrons. The molecule has 1 aromatic carbocycles. The summed E-state index contributed by atoms with van der Waals surface area (Å²) in [6.07, 6.45) is 8.70. The maximum Gasteiger partial charge on any atom is 0.416 e. The van der Waals surface area contributed by atoms with Gasteiger partial charge in [-0.25, -0.2) is 0 Å². The van der Waals surface area contributed by atoms with E-state index in [0.717, 1.165) is 36.0 Å². The Morgan fingerprint density at radius 2 is 1.59 bits per heavy atom.